The van der Waals surface area contributed by atoms with E-state index in [0.29, 0.717) is 28.3 Å². The number of halogens is 3. The quantitative estimate of drug-likeness (QED) is 0.839. The van der Waals surface area contributed by atoms with Crippen molar-refractivity contribution in [2.24, 2.45) is 0 Å². The van der Waals surface area contributed by atoms with Gasteiger partial charge in [0, 0.05) is 18.2 Å². The van der Waals surface area contributed by atoms with E-state index in [0.717, 1.165) is 6.07 Å². The summed E-state index contributed by atoms with van der Waals surface area (Å²) in [5, 5.41) is 3.15. The molecule has 0 atom stereocenters. The van der Waals surface area contributed by atoms with Crippen LogP contribution in [-0.2, 0) is 0 Å². The molecule has 0 spiro atoms. The van der Waals surface area contributed by atoms with E-state index >= 15 is 0 Å². The molecule has 0 aliphatic carbocycles. The van der Waals surface area contributed by atoms with Crippen molar-refractivity contribution in [1.82, 2.24) is 0 Å². The Balaban J connectivity index is 2.48. The summed E-state index contributed by atoms with van der Waals surface area (Å²) >= 11 is 5.99. The molecule has 0 bridgehead atoms. The van der Waals surface area contributed by atoms with Crippen LogP contribution in [0.2, 0.25) is 5.02 Å². The summed E-state index contributed by atoms with van der Waals surface area (Å²) in [7, 11) is 2.90. The number of nitrogen functional groups attached to an aromatic ring is 1. The lowest BCUT2D eigenvalue weighted by Crippen LogP contribution is -2.02. The molecule has 112 valence electrons. The summed E-state index contributed by atoms with van der Waals surface area (Å²) in [5.41, 5.74) is 5.88. The first-order valence-electron chi connectivity index (χ1n) is 5.89. The zero-order valence-corrected chi connectivity index (χ0v) is 12.1. The first-order chi connectivity index (χ1) is 9.96. The highest BCUT2D eigenvalue weighted by atomic mass is 35.5. The van der Waals surface area contributed by atoms with Gasteiger partial charge in [-0.05, 0) is 6.07 Å². The Bertz CT molecular complexity index is 681. The maximum atomic E-state index is 13.5. The number of benzene rings is 2. The lowest BCUT2D eigenvalue weighted by molar-refractivity contribution is 0.405. The molecule has 2 aromatic rings. The van der Waals surface area contributed by atoms with Gasteiger partial charge in [-0.3, -0.25) is 0 Å². The Hall–Kier alpha value is -2.21. The van der Waals surface area contributed by atoms with Crippen molar-refractivity contribution in [2.45, 2.75) is 0 Å². The fourth-order valence-electron chi connectivity index (χ4n) is 1.79. The van der Waals surface area contributed by atoms with E-state index in [2.05, 4.69) is 5.32 Å². The van der Waals surface area contributed by atoms with E-state index < -0.39 is 11.6 Å². The number of methoxy groups -OCH3 is 2. The molecule has 0 heterocycles. The van der Waals surface area contributed by atoms with E-state index in [1.165, 1.54) is 20.3 Å². The Kier molecular flexibility index (Phi) is 4.37. The highest BCUT2D eigenvalue weighted by molar-refractivity contribution is 6.32. The van der Waals surface area contributed by atoms with Gasteiger partial charge in [-0.2, -0.15) is 0 Å². The fraction of sp³-hybridized carbons (Fsp3) is 0.143. The van der Waals surface area contributed by atoms with Crippen LogP contribution in [0.3, 0.4) is 0 Å². The van der Waals surface area contributed by atoms with E-state index in [1.54, 1.807) is 6.07 Å². The molecule has 2 aromatic carbocycles. The number of ether oxygens (including phenoxy) is 2. The van der Waals surface area contributed by atoms with Crippen LogP contribution in [0.4, 0.5) is 25.8 Å². The summed E-state index contributed by atoms with van der Waals surface area (Å²) in [5.74, 6) is -0.832. The third-order valence-electron chi connectivity index (χ3n) is 2.84. The molecule has 0 radical (unpaired) electrons. The van der Waals surface area contributed by atoms with Gasteiger partial charge in [0.1, 0.15) is 17.3 Å². The molecule has 0 aliphatic rings. The predicted octanol–water partition coefficient (Wildman–Crippen LogP) is 3.96. The van der Waals surface area contributed by atoms with Crippen LogP contribution in [0.1, 0.15) is 0 Å². The SMILES string of the molecule is COc1cc(Nc2cc(F)cc(F)c2N)c(OC)cc1Cl. The zero-order chi connectivity index (χ0) is 15.6. The average molecular weight is 315 g/mol. The third kappa shape index (κ3) is 3.11. The number of nitrogens with one attached hydrogen (secondary N) is 1. The van der Waals surface area contributed by atoms with Crippen LogP contribution < -0.4 is 20.5 Å². The van der Waals surface area contributed by atoms with Crippen LogP contribution in [0, 0.1) is 11.6 Å². The zero-order valence-electron chi connectivity index (χ0n) is 11.3. The summed E-state index contributed by atoms with van der Waals surface area (Å²) in [6.45, 7) is 0. The lowest BCUT2D eigenvalue weighted by Gasteiger charge is -2.15. The number of hydrogen-bond donors (Lipinski definition) is 2. The van der Waals surface area contributed by atoms with Crippen molar-refractivity contribution >= 4 is 28.7 Å². The summed E-state index contributed by atoms with van der Waals surface area (Å²) in [6, 6.07) is 4.86. The second-order valence-electron chi connectivity index (χ2n) is 4.16. The summed E-state index contributed by atoms with van der Waals surface area (Å²) in [4.78, 5) is 0. The van der Waals surface area contributed by atoms with E-state index in [4.69, 9.17) is 26.8 Å². The van der Waals surface area contributed by atoms with Gasteiger partial charge in [-0.1, -0.05) is 11.6 Å². The number of nitrogens with two attached hydrogens (primary N) is 1. The average Bonchev–Trinajstić information content (AvgIpc) is 2.45. The van der Waals surface area contributed by atoms with Crippen molar-refractivity contribution < 1.29 is 18.3 Å². The van der Waals surface area contributed by atoms with Crippen LogP contribution >= 0.6 is 11.6 Å². The van der Waals surface area contributed by atoms with Gasteiger partial charge in [0.15, 0.2) is 5.82 Å². The standard InChI is InChI=1S/C14H13ClF2N2O2/c1-20-12-6-10(13(21-2)5-8(12)15)19-11-4-7(16)3-9(17)14(11)18/h3-6,19H,18H2,1-2H3. The minimum absolute atomic E-state index is 0.0789. The fourth-order valence-corrected chi connectivity index (χ4v) is 2.02. The molecule has 0 fully saturated rings. The third-order valence-corrected chi connectivity index (χ3v) is 3.13. The minimum Gasteiger partial charge on any atom is -0.495 e. The number of rotatable bonds is 4. The molecule has 0 unspecified atom stereocenters. The van der Waals surface area contributed by atoms with Crippen molar-refractivity contribution in [3.63, 3.8) is 0 Å². The maximum absolute atomic E-state index is 13.5. The molecular formula is C14H13ClF2N2O2. The lowest BCUT2D eigenvalue weighted by atomic mass is 10.2. The van der Waals surface area contributed by atoms with Gasteiger partial charge in [0.2, 0.25) is 0 Å². The Morgan fingerprint density at radius 1 is 1.00 bits per heavy atom. The summed E-state index contributed by atoms with van der Waals surface area (Å²) < 4.78 is 37.0. The van der Waals surface area contributed by atoms with Gasteiger partial charge in [0.25, 0.3) is 0 Å². The number of hydrogen-bond acceptors (Lipinski definition) is 4. The maximum Gasteiger partial charge on any atom is 0.151 e. The molecule has 21 heavy (non-hydrogen) atoms. The number of anilines is 3. The second-order valence-corrected chi connectivity index (χ2v) is 4.57. The van der Waals surface area contributed by atoms with E-state index in [-0.39, 0.29) is 11.4 Å². The topological polar surface area (TPSA) is 56.5 Å². The minimum atomic E-state index is -0.850. The van der Waals surface area contributed by atoms with E-state index in [9.17, 15) is 8.78 Å². The second kappa shape index (κ2) is 6.05. The highest BCUT2D eigenvalue weighted by Gasteiger charge is 2.13. The molecule has 0 saturated carbocycles. The van der Waals surface area contributed by atoms with Gasteiger partial charge in [0.05, 0.1) is 36.3 Å². The van der Waals surface area contributed by atoms with Crippen molar-refractivity contribution in [2.75, 3.05) is 25.3 Å². The molecule has 0 aromatic heterocycles. The Labute approximate surface area is 125 Å². The molecular weight excluding hydrogens is 302 g/mol. The monoisotopic (exact) mass is 314 g/mol. The Morgan fingerprint density at radius 2 is 1.67 bits per heavy atom. The highest BCUT2D eigenvalue weighted by Crippen LogP contribution is 2.38. The molecule has 4 nitrogen and oxygen atoms in total. The van der Waals surface area contributed by atoms with Crippen LogP contribution in [0.5, 0.6) is 11.5 Å². The molecule has 0 amide bonds. The first-order valence-corrected chi connectivity index (χ1v) is 6.27. The van der Waals surface area contributed by atoms with Crippen molar-refractivity contribution in [3.05, 3.63) is 40.9 Å². The summed E-state index contributed by atoms with van der Waals surface area (Å²) in [6.07, 6.45) is 0. The Morgan fingerprint density at radius 3 is 2.29 bits per heavy atom. The smallest absolute Gasteiger partial charge is 0.151 e. The molecule has 3 N–H and O–H groups in total. The predicted molar refractivity (Wildman–Crippen MR) is 78.6 cm³/mol. The van der Waals surface area contributed by atoms with Gasteiger partial charge < -0.3 is 20.5 Å². The van der Waals surface area contributed by atoms with Crippen LogP contribution in [0.15, 0.2) is 24.3 Å². The van der Waals surface area contributed by atoms with Gasteiger partial charge in [-0.25, -0.2) is 8.78 Å². The largest absolute Gasteiger partial charge is 0.495 e. The van der Waals surface area contributed by atoms with E-state index in [1.807, 2.05) is 0 Å². The van der Waals surface area contributed by atoms with Crippen molar-refractivity contribution in [1.29, 1.82) is 0 Å². The van der Waals surface area contributed by atoms with Gasteiger partial charge >= 0.3 is 0 Å². The molecule has 0 saturated heterocycles. The molecule has 0 aliphatic heterocycles. The molecule has 7 heteroatoms. The molecule has 2 rings (SSSR count). The first kappa shape index (κ1) is 15.2. The van der Waals surface area contributed by atoms with Crippen LogP contribution in [0.25, 0.3) is 0 Å². The van der Waals surface area contributed by atoms with Gasteiger partial charge in [-0.15, -0.1) is 0 Å². The van der Waals surface area contributed by atoms with Crippen LogP contribution in [-0.4, -0.2) is 14.2 Å². The van der Waals surface area contributed by atoms with Crippen molar-refractivity contribution in [3.8, 4) is 11.5 Å². The normalized spacial score (nSPS) is 10.3.